The quantitative estimate of drug-likeness (QED) is 0.906. The number of para-hydroxylation sites is 1. The molecule has 0 aromatic heterocycles. The normalized spacial score (nSPS) is 11.2. The van der Waals surface area contributed by atoms with Crippen LogP contribution in [0.25, 0.3) is 0 Å². The van der Waals surface area contributed by atoms with E-state index in [0.29, 0.717) is 5.56 Å². The van der Waals surface area contributed by atoms with Crippen LogP contribution in [-0.4, -0.2) is 11.1 Å². The maximum absolute atomic E-state index is 12.9. The van der Waals surface area contributed by atoms with Crippen LogP contribution in [0.2, 0.25) is 0 Å². The Morgan fingerprint density at radius 2 is 1.76 bits per heavy atom. The summed E-state index contributed by atoms with van der Waals surface area (Å²) < 4.78 is 43.9. The van der Waals surface area contributed by atoms with E-state index in [4.69, 9.17) is 9.84 Å². The third-order valence-electron chi connectivity index (χ3n) is 2.78. The lowest BCUT2D eigenvalue weighted by atomic mass is 10.1. The van der Waals surface area contributed by atoms with Crippen molar-refractivity contribution in [3.8, 4) is 11.5 Å². The van der Waals surface area contributed by atoms with Crippen molar-refractivity contribution < 1.29 is 27.8 Å². The van der Waals surface area contributed by atoms with E-state index >= 15 is 0 Å². The number of ether oxygens (including phenoxy) is 1. The summed E-state index contributed by atoms with van der Waals surface area (Å²) in [7, 11) is 0. The van der Waals surface area contributed by atoms with Crippen LogP contribution in [0.15, 0.2) is 42.5 Å². The van der Waals surface area contributed by atoms with Crippen molar-refractivity contribution in [2.75, 3.05) is 0 Å². The highest BCUT2D eigenvalue weighted by molar-refractivity contribution is 5.91. The van der Waals surface area contributed by atoms with E-state index in [0.717, 1.165) is 12.1 Å². The molecule has 0 aliphatic carbocycles. The number of rotatable bonds is 3. The van der Waals surface area contributed by atoms with Gasteiger partial charge in [0.1, 0.15) is 17.1 Å². The van der Waals surface area contributed by atoms with Gasteiger partial charge in [-0.3, -0.25) is 0 Å². The van der Waals surface area contributed by atoms with Crippen LogP contribution in [0.5, 0.6) is 11.5 Å². The van der Waals surface area contributed by atoms with Gasteiger partial charge >= 0.3 is 12.1 Å². The van der Waals surface area contributed by atoms with Gasteiger partial charge in [0.05, 0.1) is 5.56 Å². The number of alkyl halides is 3. The first-order valence-corrected chi connectivity index (χ1v) is 5.97. The maximum Gasteiger partial charge on any atom is 0.419 e. The highest BCUT2D eigenvalue weighted by Gasteiger charge is 2.34. The van der Waals surface area contributed by atoms with Crippen molar-refractivity contribution in [3.63, 3.8) is 0 Å². The molecule has 1 N–H and O–H groups in total. The Morgan fingerprint density at radius 3 is 2.38 bits per heavy atom. The van der Waals surface area contributed by atoms with Crippen LogP contribution in [0, 0.1) is 6.92 Å². The maximum atomic E-state index is 12.9. The van der Waals surface area contributed by atoms with Crippen molar-refractivity contribution in [2.24, 2.45) is 0 Å². The summed E-state index contributed by atoms with van der Waals surface area (Å²) >= 11 is 0. The van der Waals surface area contributed by atoms with Crippen molar-refractivity contribution in [1.29, 1.82) is 0 Å². The molecule has 2 aromatic rings. The summed E-state index contributed by atoms with van der Waals surface area (Å²) in [5, 5.41) is 9.06. The number of aryl methyl sites for hydroxylation is 1. The summed E-state index contributed by atoms with van der Waals surface area (Å²) in [5.41, 5.74) is -0.472. The second-order valence-corrected chi connectivity index (χ2v) is 4.40. The Kier molecular flexibility index (Phi) is 3.88. The predicted molar refractivity (Wildman–Crippen MR) is 69.7 cm³/mol. The topological polar surface area (TPSA) is 46.5 Å². The molecule has 0 saturated carbocycles. The van der Waals surface area contributed by atoms with E-state index in [9.17, 15) is 18.0 Å². The molecule has 0 aliphatic heterocycles. The molecule has 2 rings (SSSR count). The number of carboxylic acid groups (broad SMARTS) is 1. The molecule has 2 aromatic carbocycles. The van der Waals surface area contributed by atoms with E-state index in [-0.39, 0.29) is 11.3 Å². The zero-order valence-electron chi connectivity index (χ0n) is 10.9. The molecule has 0 aliphatic rings. The molecule has 0 spiro atoms. The molecule has 0 saturated heterocycles. The fraction of sp³-hybridized carbons (Fsp3) is 0.133. The molecule has 0 atom stereocenters. The zero-order valence-corrected chi connectivity index (χ0v) is 10.9. The summed E-state index contributed by atoms with van der Waals surface area (Å²) in [6, 6.07) is 8.89. The van der Waals surface area contributed by atoms with Crippen molar-refractivity contribution >= 4 is 5.97 Å². The molecule has 110 valence electrons. The molecule has 6 heteroatoms. The first kappa shape index (κ1) is 14.9. The fourth-order valence-electron chi connectivity index (χ4n) is 1.80. The van der Waals surface area contributed by atoms with Gasteiger partial charge in [-0.1, -0.05) is 18.2 Å². The molecule has 0 bridgehead atoms. The first-order chi connectivity index (χ1) is 9.79. The Labute approximate surface area is 118 Å². The molecule has 0 amide bonds. The number of benzene rings is 2. The molecular weight excluding hydrogens is 285 g/mol. The molecule has 21 heavy (non-hydrogen) atoms. The minimum Gasteiger partial charge on any atom is -0.478 e. The Bertz CT molecular complexity index is 678. The van der Waals surface area contributed by atoms with Gasteiger partial charge in [0.25, 0.3) is 0 Å². The number of aromatic carboxylic acids is 1. The van der Waals surface area contributed by atoms with E-state index in [1.54, 1.807) is 13.0 Å². The molecule has 0 radical (unpaired) electrons. The van der Waals surface area contributed by atoms with Gasteiger partial charge in [0.15, 0.2) is 0 Å². The van der Waals surface area contributed by atoms with Gasteiger partial charge in [-0.05, 0) is 36.8 Å². The van der Waals surface area contributed by atoms with Gasteiger partial charge in [-0.15, -0.1) is 0 Å². The molecule has 0 unspecified atom stereocenters. The SMILES string of the molecule is Cc1ccc(C(=O)O)c(Oc2ccccc2C(F)(F)F)c1. The Morgan fingerprint density at radius 1 is 1.10 bits per heavy atom. The average Bonchev–Trinajstić information content (AvgIpc) is 2.37. The molecule has 0 heterocycles. The molecule has 3 nitrogen and oxygen atoms in total. The zero-order chi connectivity index (χ0) is 15.6. The first-order valence-electron chi connectivity index (χ1n) is 5.97. The fourth-order valence-corrected chi connectivity index (χ4v) is 1.80. The monoisotopic (exact) mass is 296 g/mol. The van der Waals surface area contributed by atoms with Crippen molar-refractivity contribution in [1.82, 2.24) is 0 Å². The van der Waals surface area contributed by atoms with Crippen molar-refractivity contribution in [3.05, 3.63) is 59.2 Å². The number of hydrogen-bond acceptors (Lipinski definition) is 2. The number of carbonyl (C=O) groups is 1. The lowest BCUT2D eigenvalue weighted by Crippen LogP contribution is -2.08. The Balaban J connectivity index is 2.49. The van der Waals surface area contributed by atoms with Crippen LogP contribution >= 0.6 is 0 Å². The average molecular weight is 296 g/mol. The van der Waals surface area contributed by atoms with Crippen LogP contribution in [0.3, 0.4) is 0 Å². The minimum atomic E-state index is -4.58. The second-order valence-electron chi connectivity index (χ2n) is 4.40. The molecular formula is C15H11F3O3. The highest BCUT2D eigenvalue weighted by atomic mass is 19.4. The van der Waals surface area contributed by atoms with Gasteiger partial charge in [0.2, 0.25) is 0 Å². The van der Waals surface area contributed by atoms with Crippen LogP contribution in [-0.2, 0) is 6.18 Å². The van der Waals surface area contributed by atoms with Crippen LogP contribution < -0.4 is 4.74 Å². The molecule has 0 fully saturated rings. The predicted octanol–water partition coefficient (Wildman–Crippen LogP) is 4.50. The van der Waals surface area contributed by atoms with E-state index in [1.165, 1.54) is 24.3 Å². The van der Waals surface area contributed by atoms with Gasteiger partial charge in [-0.2, -0.15) is 13.2 Å². The smallest absolute Gasteiger partial charge is 0.419 e. The van der Waals surface area contributed by atoms with Crippen molar-refractivity contribution in [2.45, 2.75) is 13.1 Å². The lowest BCUT2D eigenvalue weighted by molar-refractivity contribution is -0.138. The summed E-state index contributed by atoms with van der Waals surface area (Å²) in [4.78, 5) is 11.1. The Hall–Kier alpha value is -2.50. The summed E-state index contributed by atoms with van der Waals surface area (Å²) in [5.74, 6) is -1.83. The third-order valence-corrected chi connectivity index (χ3v) is 2.78. The second kappa shape index (κ2) is 5.47. The van der Waals surface area contributed by atoms with E-state index in [2.05, 4.69) is 0 Å². The van der Waals surface area contributed by atoms with Gasteiger partial charge < -0.3 is 9.84 Å². The van der Waals surface area contributed by atoms with Gasteiger partial charge in [-0.25, -0.2) is 4.79 Å². The number of hydrogen-bond donors (Lipinski definition) is 1. The van der Waals surface area contributed by atoms with Crippen LogP contribution in [0.4, 0.5) is 13.2 Å². The standard InChI is InChI=1S/C15H11F3O3/c1-9-6-7-10(14(19)20)13(8-9)21-12-5-3-2-4-11(12)15(16,17)18/h2-8H,1H3,(H,19,20). The summed E-state index contributed by atoms with van der Waals surface area (Å²) in [6.45, 7) is 1.69. The summed E-state index contributed by atoms with van der Waals surface area (Å²) in [6.07, 6.45) is -4.58. The number of carboxylic acids is 1. The third kappa shape index (κ3) is 3.34. The van der Waals surface area contributed by atoms with E-state index < -0.39 is 23.5 Å². The highest BCUT2D eigenvalue weighted by Crippen LogP contribution is 2.38. The minimum absolute atomic E-state index is 0.126. The van der Waals surface area contributed by atoms with Gasteiger partial charge in [0, 0.05) is 0 Å². The largest absolute Gasteiger partial charge is 0.478 e. The van der Waals surface area contributed by atoms with Crippen LogP contribution in [0.1, 0.15) is 21.5 Å². The number of halogens is 3. The van der Waals surface area contributed by atoms with E-state index in [1.807, 2.05) is 0 Å². The lowest BCUT2D eigenvalue weighted by Gasteiger charge is -2.15.